The van der Waals surface area contributed by atoms with Crippen molar-refractivity contribution in [3.63, 3.8) is 0 Å². The summed E-state index contributed by atoms with van der Waals surface area (Å²) in [5.74, 6) is 0.808. The van der Waals surface area contributed by atoms with Gasteiger partial charge in [-0.25, -0.2) is 0 Å². The summed E-state index contributed by atoms with van der Waals surface area (Å²) in [4.78, 5) is 4.24. The molecular weight excluding hydrogens is 198 g/mol. The molecule has 2 heteroatoms. The predicted octanol–water partition coefficient (Wildman–Crippen LogP) is 3.66. The van der Waals surface area contributed by atoms with Gasteiger partial charge in [0.25, 0.3) is 0 Å². The van der Waals surface area contributed by atoms with Crippen molar-refractivity contribution >= 4 is 0 Å². The standard InChI is InChI=1S/C14H21NO/c1-4-12-8-11(3)16-14(9-12)13-5-6-15-10(2)7-13/h5-7,11-12,14H,4,8-9H2,1-3H3/t11-,12+,14-/m1/s1. The van der Waals surface area contributed by atoms with Crippen LogP contribution in [0.2, 0.25) is 0 Å². The summed E-state index contributed by atoms with van der Waals surface area (Å²) in [7, 11) is 0. The van der Waals surface area contributed by atoms with Crippen LogP contribution in [0.5, 0.6) is 0 Å². The third-order valence-corrected chi connectivity index (χ3v) is 3.48. The zero-order valence-corrected chi connectivity index (χ0v) is 10.4. The Morgan fingerprint density at radius 1 is 1.44 bits per heavy atom. The molecule has 2 heterocycles. The van der Waals surface area contributed by atoms with Gasteiger partial charge < -0.3 is 4.74 Å². The first kappa shape index (κ1) is 11.6. The smallest absolute Gasteiger partial charge is 0.0832 e. The highest BCUT2D eigenvalue weighted by Gasteiger charge is 2.27. The van der Waals surface area contributed by atoms with Gasteiger partial charge in [0.2, 0.25) is 0 Å². The van der Waals surface area contributed by atoms with Crippen molar-refractivity contribution in [3.05, 3.63) is 29.6 Å². The van der Waals surface area contributed by atoms with E-state index in [-0.39, 0.29) is 6.10 Å². The maximum Gasteiger partial charge on any atom is 0.0832 e. The molecule has 88 valence electrons. The molecule has 0 aliphatic carbocycles. The van der Waals surface area contributed by atoms with Crippen LogP contribution in [-0.4, -0.2) is 11.1 Å². The van der Waals surface area contributed by atoms with Crippen LogP contribution >= 0.6 is 0 Å². The third kappa shape index (κ3) is 2.62. The lowest BCUT2D eigenvalue weighted by Crippen LogP contribution is -2.25. The molecule has 1 saturated heterocycles. The van der Waals surface area contributed by atoms with E-state index in [2.05, 4.69) is 31.0 Å². The van der Waals surface area contributed by atoms with Gasteiger partial charge in [-0.3, -0.25) is 4.98 Å². The van der Waals surface area contributed by atoms with Gasteiger partial charge in [0.15, 0.2) is 0 Å². The van der Waals surface area contributed by atoms with Crippen LogP contribution in [0, 0.1) is 12.8 Å². The number of hydrogen-bond donors (Lipinski definition) is 0. The van der Waals surface area contributed by atoms with Gasteiger partial charge >= 0.3 is 0 Å². The molecule has 0 aromatic carbocycles. The highest BCUT2D eigenvalue weighted by atomic mass is 16.5. The molecule has 1 aromatic rings. The molecule has 2 nitrogen and oxygen atoms in total. The zero-order chi connectivity index (χ0) is 11.5. The van der Waals surface area contributed by atoms with E-state index < -0.39 is 0 Å². The molecule has 1 aromatic heterocycles. The minimum atomic E-state index is 0.274. The number of ether oxygens (including phenoxy) is 1. The first-order valence-corrected chi connectivity index (χ1v) is 6.27. The lowest BCUT2D eigenvalue weighted by Gasteiger charge is -2.33. The summed E-state index contributed by atoms with van der Waals surface area (Å²) in [5.41, 5.74) is 2.37. The van der Waals surface area contributed by atoms with Gasteiger partial charge in [-0.05, 0) is 50.3 Å². The molecule has 1 aliphatic rings. The quantitative estimate of drug-likeness (QED) is 0.757. The van der Waals surface area contributed by atoms with Gasteiger partial charge in [-0.1, -0.05) is 13.3 Å². The monoisotopic (exact) mass is 219 g/mol. The molecule has 0 N–H and O–H groups in total. The molecule has 3 atom stereocenters. The van der Waals surface area contributed by atoms with Crippen LogP contribution < -0.4 is 0 Å². The fraction of sp³-hybridized carbons (Fsp3) is 0.643. The number of aromatic nitrogens is 1. The molecule has 16 heavy (non-hydrogen) atoms. The first-order chi connectivity index (χ1) is 7.69. The average Bonchev–Trinajstić information content (AvgIpc) is 2.28. The molecule has 2 rings (SSSR count). The topological polar surface area (TPSA) is 22.1 Å². The lowest BCUT2D eigenvalue weighted by atomic mass is 9.87. The molecule has 0 amide bonds. The van der Waals surface area contributed by atoms with Crippen LogP contribution in [0.3, 0.4) is 0 Å². The van der Waals surface area contributed by atoms with Crippen LogP contribution in [-0.2, 0) is 4.74 Å². The maximum absolute atomic E-state index is 6.03. The van der Waals surface area contributed by atoms with E-state index in [1.807, 2.05) is 13.1 Å². The van der Waals surface area contributed by atoms with Gasteiger partial charge in [-0.2, -0.15) is 0 Å². The highest BCUT2D eigenvalue weighted by molar-refractivity contribution is 5.18. The van der Waals surface area contributed by atoms with Crippen LogP contribution in [0.4, 0.5) is 0 Å². The van der Waals surface area contributed by atoms with E-state index in [0.717, 1.165) is 18.0 Å². The second-order valence-corrected chi connectivity index (χ2v) is 4.91. The van der Waals surface area contributed by atoms with Gasteiger partial charge in [0.1, 0.15) is 0 Å². The molecule has 1 aliphatic heterocycles. The normalized spacial score (nSPS) is 30.3. The first-order valence-electron chi connectivity index (χ1n) is 6.27. The number of aryl methyl sites for hydroxylation is 1. The summed E-state index contributed by atoms with van der Waals surface area (Å²) in [6.45, 7) is 6.49. The molecule has 1 fully saturated rings. The Kier molecular flexibility index (Phi) is 3.59. The summed E-state index contributed by atoms with van der Waals surface area (Å²) in [6.07, 6.45) is 6.16. The van der Waals surface area contributed by atoms with Crippen molar-refractivity contribution < 1.29 is 4.74 Å². The van der Waals surface area contributed by atoms with Crippen molar-refractivity contribution in [3.8, 4) is 0 Å². The number of hydrogen-bond acceptors (Lipinski definition) is 2. The Morgan fingerprint density at radius 3 is 2.94 bits per heavy atom. The SMILES string of the molecule is CC[C@H]1C[C@@H](C)O[C@@H](c2ccnc(C)c2)C1. The van der Waals surface area contributed by atoms with Gasteiger partial charge in [0.05, 0.1) is 12.2 Å². The summed E-state index contributed by atoms with van der Waals surface area (Å²) >= 11 is 0. The van der Waals surface area contributed by atoms with E-state index >= 15 is 0 Å². The predicted molar refractivity (Wildman–Crippen MR) is 65.3 cm³/mol. The second-order valence-electron chi connectivity index (χ2n) is 4.91. The van der Waals surface area contributed by atoms with Crippen LogP contribution in [0.1, 0.15) is 50.5 Å². The van der Waals surface area contributed by atoms with Crippen LogP contribution in [0.25, 0.3) is 0 Å². The van der Waals surface area contributed by atoms with Crippen molar-refractivity contribution in [1.82, 2.24) is 4.98 Å². The minimum absolute atomic E-state index is 0.274. The highest BCUT2D eigenvalue weighted by Crippen LogP contribution is 2.36. The van der Waals surface area contributed by atoms with Crippen molar-refractivity contribution in [2.24, 2.45) is 5.92 Å². The molecule has 0 unspecified atom stereocenters. The Bertz CT molecular complexity index is 350. The molecule has 0 bridgehead atoms. The van der Waals surface area contributed by atoms with Crippen molar-refractivity contribution in [1.29, 1.82) is 0 Å². The number of pyridine rings is 1. The summed E-state index contributed by atoms with van der Waals surface area (Å²) in [5, 5.41) is 0. The zero-order valence-electron chi connectivity index (χ0n) is 10.4. The van der Waals surface area contributed by atoms with E-state index in [1.165, 1.54) is 18.4 Å². The number of rotatable bonds is 2. The minimum Gasteiger partial charge on any atom is -0.371 e. The van der Waals surface area contributed by atoms with E-state index in [0.29, 0.717) is 6.10 Å². The fourth-order valence-corrected chi connectivity index (χ4v) is 2.58. The Labute approximate surface area is 98.0 Å². The Hall–Kier alpha value is -0.890. The Balaban J connectivity index is 2.14. The molecular formula is C14H21NO. The van der Waals surface area contributed by atoms with Crippen molar-refractivity contribution in [2.75, 3.05) is 0 Å². The lowest BCUT2D eigenvalue weighted by molar-refractivity contribution is -0.0644. The van der Waals surface area contributed by atoms with E-state index in [1.54, 1.807) is 0 Å². The Morgan fingerprint density at radius 2 is 2.25 bits per heavy atom. The fourth-order valence-electron chi connectivity index (χ4n) is 2.58. The van der Waals surface area contributed by atoms with E-state index in [9.17, 15) is 0 Å². The summed E-state index contributed by atoms with van der Waals surface area (Å²) in [6, 6.07) is 4.23. The van der Waals surface area contributed by atoms with E-state index in [4.69, 9.17) is 4.74 Å². The van der Waals surface area contributed by atoms with Gasteiger partial charge in [-0.15, -0.1) is 0 Å². The number of nitrogens with zero attached hydrogens (tertiary/aromatic N) is 1. The molecule has 0 saturated carbocycles. The van der Waals surface area contributed by atoms with Crippen molar-refractivity contribution in [2.45, 2.75) is 52.2 Å². The molecule has 0 radical (unpaired) electrons. The van der Waals surface area contributed by atoms with Gasteiger partial charge in [0, 0.05) is 11.9 Å². The largest absolute Gasteiger partial charge is 0.371 e. The van der Waals surface area contributed by atoms with Crippen LogP contribution in [0.15, 0.2) is 18.3 Å². The maximum atomic E-state index is 6.03. The molecule has 0 spiro atoms. The third-order valence-electron chi connectivity index (χ3n) is 3.48. The second kappa shape index (κ2) is 4.96. The average molecular weight is 219 g/mol. The summed E-state index contributed by atoms with van der Waals surface area (Å²) < 4.78 is 6.03.